The summed E-state index contributed by atoms with van der Waals surface area (Å²) in [7, 11) is 0. The van der Waals surface area contributed by atoms with E-state index >= 15 is 0 Å². The number of aromatic nitrogens is 2. The first-order chi connectivity index (χ1) is 9.56. The predicted octanol–water partition coefficient (Wildman–Crippen LogP) is 0.464. The van der Waals surface area contributed by atoms with Crippen molar-refractivity contribution in [3.63, 3.8) is 0 Å². The molecule has 0 bridgehead atoms. The number of hydrogen-bond donors (Lipinski definition) is 2. The Morgan fingerprint density at radius 3 is 2.55 bits per heavy atom. The van der Waals surface area contributed by atoms with Crippen molar-refractivity contribution in [2.24, 2.45) is 0 Å². The van der Waals surface area contributed by atoms with Crippen LogP contribution in [0, 0.1) is 0 Å². The molecular weight excluding hydrogens is 268 g/mol. The van der Waals surface area contributed by atoms with Gasteiger partial charge in [0.25, 0.3) is 0 Å². The lowest BCUT2D eigenvalue weighted by molar-refractivity contribution is -0.142. The zero-order valence-corrected chi connectivity index (χ0v) is 11.2. The zero-order chi connectivity index (χ0) is 15.0. The highest BCUT2D eigenvalue weighted by Gasteiger charge is 2.13. The number of ether oxygens (including phenoxy) is 2. The molecule has 20 heavy (non-hydrogen) atoms. The van der Waals surface area contributed by atoms with E-state index < -0.39 is 11.9 Å². The summed E-state index contributed by atoms with van der Waals surface area (Å²) in [6, 6.07) is 0. The van der Waals surface area contributed by atoms with Crippen molar-refractivity contribution in [1.82, 2.24) is 10.3 Å². The molecule has 9 nitrogen and oxygen atoms in total. The first-order valence-electron chi connectivity index (χ1n) is 5.94. The summed E-state index contributed by atoms with van der Waals surface area (Å²) in [5, 5.41) is 9.54. The number of nitrogens with two attached hydrogens (primary N) is 1. The summed E-state index contributed by atoms with van der Waals surface area (Å²) in [4.78, 5) is 22.9. The Kier molecular flexibility index (Phi) is 6.01. The molecule has 0 atom stereocenters. The maximum absolute atomic E-state index is 11.5. The fourth-order valence-corrected chi connectivity index (χ4v) is 1.26. The van der Waals surface area contributed by atoms with Crippen molar-refractivity contribution in [2.45, 2.75) is 20.3 Å². The molecule has 0 radical (unpaired) electrons. The highest BCUT2D eigenvalue weighted by Crippen LogP contribution is 2.15. The molecule has 9 heteroatoms. The summed E-state index contributed by atoms with van der Waals surface area (Å²) in [6.07, 6.45) is 0.952. The lowest BCUT2D eigenvalue weighted by atomic mass is 10.3. The van der Waals surface area contributed by atoms with Crippen LogP contribution in [0.3, 0.4) is 0 Å². The predicted molar refractivity (Wildman–Crippen MR) is 68.3 cm³/mol. The second-order valence-corrected chi connectivity index (χ2v) is 3.53. The third-order valence-electron chi connectivity index (χ3n) is 2.01. The lowest BCUT2D eigenvalue weighted by Gasteiger charge is -2.08. The molecule has 110 valence electrons. The molecule has 1 rings (SSSR count). The number of carbonyl (C=O) groups is 2. The fraction of sp³-hybridized carbons (Fsp3) is 0.455. The van der Waals surface area contributed by atoms with E-state index in [0.29, 0.717) is 0 Å². The molecule has 0 amide bonds. The average Bonchev–Trinajstić information content (AvgIpc) is 2.75. The molecule has 1 aromatic rings. The van der Waals surface area contributed by atoms with Gasteiger partial charge in [-0.05, 0) is 24.2 Å². The van der Waals surface area contributed by atoms with Gasteiger partial charge in [0, 0.05) is 11.8 Å². The van der Waals surface area contributed by atoms with Gasteiger partial charge in [-0.15, -0.1) is 0 Å². The number of nitrogens with one attached hydrogen (secondary N) is 1. The van der Waals surface area contributed by atoms with Crippen LogP contribution in [0.15, 0.2) is 16.4 Å². The van der Waals surface area contributed by atoms with Gasteiger partial charge in [0.1, 0.15) is 0 Å². The fourth-order valence-electron chi connectivity index (χ4n) is 1.26. The monoisotopic (exact) mass is 284 g/mol. The Morgan fingerprint density at radius 2 is 2.00 bits per heavy atom. The van der Waals surface area contributed by atoms with Gasteiger partial charge in [-0.25, -0.2) is 9.42 Å². The Bertz CT molecular complexity index is 497. The largest absolute Gasteiger partial charge is 0.466 e. The van der Waals surface area contributed by atoms with Crippen LogP contribution in [0.1, 0.15) is 20.3 Å². The van der Waals surface area contributed by atoms with Crippen LogP contribution in [-0.4, -0.2) is 35.5 Å². The Morgan fingerprint density at radius 1 is 1.30 bits per heavy atom. The van der Waals surface area contributed by atoms with Gasteiger partial charge in [-0.3, -0.25) is 4.79 Å². The number of nitrogen functional groups attached to an aromatic ring is 1. The van der Waals surface area contributed by atoms with Crippen molar-refractivity contribution < 1.29 is 23.7 Å². The Labute approximate surface area is 115 Å². The maximum Gasteiger partial charge on any atom is 0.332 e. The van der Waals surface area contributed by atoms with E-state index in [2.05, 4.69) is 20.3 Å². The van der Waals surface area contributed by atoms with Gasteiger partial charge < -0.3 is 20.5 Å². The van der Waals surface area contributed by atoms with Crippen LogP contribution in [-0.2, 0) is 19.1 Å². The third-order valence-corrected chi connectivity index (χ3v) is 2.01. The maximum atomic E-state index is 11.5. The van der Waals surface area contributed by atoms with E-state index in [-0.39, 0.29) is 37.0 Å². The number of esters is 2. The van der Waals surface area contributed by atoms with E-state index in [1.54, 1.807) is 13.8 Å². The number of rotatable bonds is 7. The highest BCUT2D eigenvalue weighted by atomic mass is 16.6. The smallest absolute Gasteiger partial charge is 0.332 e. The van der Waals surface area contributed by atoms with E-state index in [1.165, 1.54) is 0 Å². The molecule has 1 heterocycles. The van der Waals surface area contributed by atoms with Gasteiger partial charge in [-0.1, -0.05) is 0 Å². The molecule has 0 saturated carbocycles. The molecule has 0 aromatic carbocycles. The van der Waals surface area contributed by atoms with Gasteiger partial charge in [0.15, 0.2) is 0 Å². The quantitative estimate of drug-likeness (QED) is 0.541. The molecule has 0 aliphatic carbocycles. The van der Waals surface area contributed by atoms with Gasteiger partial charge >= 0.3 is 11.9 Å². The van der Waals surface area contributed by atoms with E-state index in [1.807, 2.05) is 0 Å². The SMILES string of the molecule is CCOC(=O)/C=C(/CC(=O)OCC)Nc1nonc1N. The summed E-state index contributed by atoms with van der Waals surface area (Å²) >= 11 is 0. The molecule has 0 aliphatic rings. The summed E-state index contributed by atoms with van der Waals surface area (Å²) in [5.41, 5.74) is 5.69. The van der Waals surface area contributed by atoms with Crippen molar-refractivity contribution in [1.29, 1.82) is 0 Å². The first-order valence-corrected chi connectivity index (χ1v) is 5.94. The number of carbonyl (C=O) groups excluding carboxylic acids is 2. The van der Waals surface area contributed by atoms with Crippen LogP contribution in [0.2, 0.25) is 0 Å². The van der Waals surface area contributed by atoms with Crippen molar-refractivity contribution in [3.05, 3.63) is 11.8 Å². The summed E-state index contributed by atoms with van der Waals surface area (Å²) in [5.74, 6) is -1.01. The molecule has 0 spiro atoms. The zero-order valence-electron chi connectivity index (χ0n) is 11.2. The molecule has 0 saturated heterocycles. The standard InChI is InChI=1S/C11H16N4O5/c1-3-18-8(16)5-7(6-9(17)19-4-2)13-11-10(12)14-20-15-11/h5H,3-4,6H2,1-2H3,(H2,12,14)(H,13,15)/b7-5-. The van der Waals surface area contributed by atoms with Gasteiger partial charge in [0.2, 0.25) is 11.6 Å². The van der Waals surface area contributed by atoms with E-state index in [9.17, 15) is 9.59 Å². The second-order valence-electron chi connectivity index (χ2n) is 3.53. The summed E-state index contributed by atoms with van der Waals surface area (Å²) in [6.45, 7) is 3.80. The minimum Gasteiger partial charge on any atom is -0.466 e. The van der Waals surface area contributed by atoms with Crippen molar-refractivity contribution in [3.8, 4) is 0 Å². The molecule has 0 fully saturated rings. The average molecular weight is 284 g/mol. The van der Waals surface area contributed by atoms with Crippen LogP contribution >= 0.6 is 0 Å². The molecule has 1 aromatic heterocycles. The van der Waals surface area contributed by atoms with Crippen LogP contribution in [0.25, 0.3) is 0 Å². The van der Waals surface area contributed by atoms with Crippen molar-refractivity contribution >= 4 is 23.6 Å². The minimum atomic E-state index is -0.602. The molecule has 0 unspecified atom stereocenters. The summed E-state index contributed by atoms with van der Waals surface area (Å²) < 4.78 is 14.0. The normalized spacial score (nSPS) is 11.0. The molecule has 0 aliphatic heterocycles. The van der Waals surface area contributed by atoms with Gasteiger partial charge in [0.05, 0.1) is 19.6 Å². The second kappa shape index (κ2) is 7.77. The van der Waals surface area contributed by atoms with Crippen LogP contribution in [0.4, 0.5) is 11.6 Å². The highest BCUT2D eigenvalue weighted by molar-refractivity contribution is 5.85. The van der Waals surface area contributed by atoms with Crippen LogP contribution < -0.4 is 11.1 Å². The first kappa shape index (κ1) is 15.5. The topological polar surface area (TPSA) is 130 Å². The van der Waals surface area contributed by atoms with E-state index in [0.717, 1.165) is 6.08 Å². The van der Waals surface area contributed by atoms with Gasteiger partial charge in [-0.2, -0.15) is 0 Å². The van der Waals surface area contributed by atoms with E-state index in [4.69, 9.17) is 15.2 Å². The Hall–Kier alpha value is -2.58. The number of nitrogens with zero attached hydrogens (tertiary/aromatic N) is 2. The Balaban J connectivity index is 2.81. The van der Waals surface area contributed by atoms with Crippen molar-refractivity contribution in [2.75, 3.05) is 24.3 Å². The van der Waals surface area contributed by atoms with Crippen LogP contribution in [0.5, 0.6) is 0 Å². The molecule has 3 N–H and O–H groups in total. The number of anilines is 2. The lowest BCUT2D eigenvalue weighted by Crippen LogP contribution is -2.13. The third kappa shape index (κ3) is 4.96. The minimum absolute atomic E-state index is 0.00335. The number of hydrogen-bond acceptors (Lipinski definition) is 9. The molecular formula is C11H16N4O5.